The molecule has 0 aromatic carbocycles. The minimum atomic E-state index is -0.408. The van der Waals surface area contributed by atoms with Gasteiger partial charge in [-0.25, -0.2) is 9.67 Å². The molecule has 0 spiro atoms. The summed E-state index contributed by atoms with van der Waals surface area (Å²) in [6.07, 6.45) is 10.1. The molecular formula is C25H29N5O4. The molecule has 178 valence electrons. The Morgan fingerprint density at radius 1 is 1.29 bits per heavy atom. The summed E-state index contributed by atoms with van der Waals surface area (Å²) in [7, 11) is 0. The molecular weight excluding hydrogens is 434 g/mol. The number of rotatable bonds is 6. The fourth-order valence-electron chi connectivity index (χ4n) is 5.33. The average Bonchev–Trinajstić information content (AvgIpc) is 3.32. The third-order valence-electron chi connectivity index (χ3n) is 7.26. The molecule has 6 rings (SSSR count). The summed E-state index contributed by atoms with van der Waals surface area (Å²) in [6, 6.07) is 3.46. The van der Waals surface area contributed by atoms with E-state index in [-0.39, 0.29) is 34.4 Å². The molecule has 9 heteroatoms. The number of carbonyl (C=O) groups excluding carboxylic acids is 1. The zero-order chi connectivity index (χ0) is 23.7. The second-order valence-corrected chi connectivity index (χ2v) is 10.5. The van der Waals surface area contributed by atoms with Crippen molar-refractivity contribution in [1.82, 2.24) is 19.2 Å². The van der Waals surface area contributed by atoms with E-state index in [2.05, 4.69) is 17.3 Å². The minimum absolute atomic E-state index is 0.0648. The maximum atomic E-state index is 13.3. The van der Waals surface area contributed by atoms with Gasteiger partial charge in [0.15, 0.2) is 0 Å². The van der Waals surface area contributed by atoms with Crippen LogP contribution in [-0.2, 0) is 10.2 Å². The monoisotopic (exact) mass is 463 g/mol. The van der Waals surface area contributed by atoms with E-state index in [1.807, 2.05) is 24.4 Å². The van der Waals surface area contributed by atoms with Crippen molar-refractivity contribution in [3.05, 3.63) is 52.3 Å². The number of pyridine rings is 1. The second kappa shape index (κ2) is 7.40. The van der Waals surface area contributed by atoms with Crippen molar-refractivity contribution >= 4 is 17.2 Å². The lowest BCUT2D eigenvalue weighted by Crippen LogP contribution is -2.27. The molecule has 3 aliphatic rings. The van der Waals surface area contributed by atoms with Crippen LogP contribution in [0.25, 0.3) is 5.65 Å². The van der Waals surface area contributed by atoms with Crippen LogP contribution in [0.4, 0.5) is 5.69 Å². The number of amides is 1. The molecule has 1 amide bonds. The lowest BCUT2D eigenvalue weighted by Gasteiger charge is -2.24. The van der Waals surface area contributed by atoms with Crippen molar-refractivity contribution < 1.29 is 14.3 Å². The Bertz CT molecular complexity index is 1350. The Labute approximate surface area is 197 Å². The Morgan fingerprint density at radius 3 is 2.76 bits per heavy atom. The smallest absolute Gasteiger partial charge is 0.290 e. The summed E-state index contributed by atoms with van der Waals surface area (Å²) >= 11 is 0. The number of nitrogens with one attached hydrogen (secondary N) is 1. The van der Waals surface area contributed by atoms with Gasteiger partial charge in [0.05, 0.1) is 35.6 Å². The topological polar surface area (TPSA) is 99.8 Å². The van der Waals surface area contributed by atoms with Gasteiger partial charge in [-0.05, 0) is 58.9 Å². The number of hydrogen-bond donors (Lipinski definition) is 1. The molecule has 9 nitrogen and oxygen atoms in total. The van der Waals surface area contributed by atoms with Gasteiger partial charge in [-0.1, -0.05) is 0 Å². The third kappa shape index (κ3) is 3.50. The first-order valence-electron chi connectivity index (χ1n) is 12.0. The lowest BCUT2D eigenvalue weighted by atomic mass is 9.84. The van der Waals surface area contributed by atoms with Crippen LogP contribution in [0.3, 0.4) is 0 Å². The van der Waals surface area contributed by atoms with Crippen molar-refractivity contribution in [3.63, 3.8) is 0 Å². The molecule has 34 heavy (non-hydrogen) atoms. The molecule has 2 bridgehead atoms. The molecule has 2 saturated carbocycles. The van der Waals surface area contributed by atoms with Crippen LogP contribution in [0.2, 0.25) is 0 Å². The highest BCUT2D eigenvalue weighted by Crippen LogP contribution is 2.53. The molecule has 2 unspecified atom stereocenters. The fourth-order valence-corrected chi connectivity index (χ4v) is 5.33. The molecule has 3 fully saturated rings. The van der Waals surface area contributed by atoms with Crippen LogP contribution in [0.5, 0.6) is 5.75 Å². The average molecular weight is 464 g/mol. The number of imidazole rings is 1. The van der Waals surface area contributed by atoms with E-state index in [0.29, 0.717) is 17.9 Å². The van der Waals surface area contributed by atoms with Crippen molar-refractivity contribution in [2.75, 3.05) is 11.9 Å². The molecule has 1 saturated heterocycles. The van der Waals surface area contributed by atoms with Gasteiger partial charge < -0.3 is 19.2 Å². The highest BCUT2D eigenvalue weighted by molar-refractivity contribution is 6.06. The van der Waals surface area contributed by atoms with Crippen molar-refractivity contribution in [1.29, 1.82) is 0 Å². The van der Waals surface area contributed by atoms with Gasteiger partial charge in [0, 0.05) is 30.1 Å². The van der Waals surface area contributed by atoms with Crippen LogP contribution in [0.1, 0.15) is 75.0 Å². The molecule has 4 heterocycles. The predicted octanol–water partition coefficient (Wildman–Crippen LogP) is 3.48. The normalized spacial score (nSPS) is 25.9. The SMILES string of the molecule is CC(C)Oc1cc2nc(C34CCC(C)(C3)OC4)cn2cc1C(=O)Nc1ccnn(C2CC2)c1=O. The Morgan fingerprint density at radius 2 is 2.12 bits per heavy atom. The van der Waals surface area contributed by atoms with Gasteiger partial charge in [-0.3, -0.25) is 9.59 Å². The Kier molecular flexibility index (Phi) is 4.64. The number of fused-ring (bicyclic) bond motifs is 3. The summed E-state index contributed by atoms with van der Waals surface area (Å²) < 4.78 is 15.4. The predicted molar refractivity (Wildman–Crippen MR) is 126 cm³/mol. The van der Waals surface area contributed by atoms with Crippen LogP contribution < -0.4 is 15.6 Å². The number of aromatic nitrogens is 4. The first-order chi connectivity index (χ1) is 16.3. The van der Waals surface area contributed by atoms with Gasteiger partial charge in [0.1, 0.15) is 17.1 Å². The van der Waals surface area contributed by atoms with Gasteiger partial charge in [-0.2, -0.15) is 5.10 Å². The maximum Gasteiger partial charge on any atom is 0.290 e. The molecule has 1 aliphatic heterocycles. The van der Waals surface area contributed by atoms with Gasteiger partial charge in [0.25, 0.3) is 11.5 Å². The van der Waals surface area contributed by atoms with E-state index in [9.17, 15) is 9.59 Å². The number of anilines is 1. The molecule has 0 radical (unpaired) electrons. The van der Waals surface area contributed by atoms with Gasteiger partial charge in [-0.15, -0.1) is 0 Å². The van der Waals surface area contributed by atoms with E-state index in [4.69, 9.17) is 14.5 Å². The Balaban J connectivity index is 1.37. The number of ether oxygens (including phenoxy) is 2. The van der Waals surface area contributed by atoms with Crippen LogP contribution >= 0.6 is 0 Å². The van der Waals surface area contributed by atoms with E-state index in [0.717, 1.165) is 43.4 Å². The summed E-state index contributed by atoms with van der Waals surface area (Å²) in [4.78, 5) is 31.0. The van der Waals surface area contributed by atoms with E-state index in [1.54, 1.807) is 18.5 Å². The zero-order valence-electron chi connectivity index (χ0n) is 19.7. The van der Waals surface area contributed by atoms with Gasteiger partial charge >= 0.3 is 0 Å². The van der Waals surface area contributed by atoms with Crippen LogP contribution in [0, 0.1) is 0 Å². The molecule has 2 atom stereocenters. The van der Waals surface area contributed by atoms with Gasteiger partial charge in [0.2, 0.25) is 0 Å². The van der Waals surface area contributed by atoms with Crippen LogP contribution in [0.15, 0.2) is 35.5 Å². The fraction of sp³-hybridized carbons (Fsp3) is 0.520. The molecule has 3 aromatic rings. The highest BCUT2D eigenvalue weighted by atomic mass is 16.5. The highest BCUT2D eigenvalue weighted by Gasteiger charge is 2.55. The van der Waals surface area contributed by atoms with Crippen molar-refractivity contribution in [3.8, 4) is 5.75 Å². The first kappa shape index (κ1) is 21.3. The molecule has 1 N–H and O–H groups in total. The number of nitrogens with zero attached hydrogens (tertiary/aromatic N) is 4. The first-order valence-corrected chi connectivity index (χ1v) is 12.0. The summed E-state index contributed by atoms with van der Waals surface area (Å²) in [5, 5.41) is 6.92. The maximum absolute atomic E-state index is 13.3. The van der Waals surface area contributed by atoms with Crippen molar-refractivity contribution in [2.45, 2.75) is 76.0 Å². The summed E-state index contributed by atoms with van der Waals surface area (Å²) in [5.41, 5.74) is 1.83. The largest absolute Gasteiger partial charge is 0.490 e. The van der Waals surface area contributed by atoms with Crippen molar-refractivity contribution in [2.24, 2.45) is 0 Å². The third-order valence-corrected chi connectivity index (χ3v) is 7.26. The van der Waals surface area contributed by atoms with Crippen LogP contribution in [-0.4, -0.2) is 43.4 Å². The zero-order valence-corrected chi connectivity index (χ0v) is 19.7. The standard InChI is InChI=1S/C25H29N5O4/c1-15(2)34-19-10-21-28-20(25-8-7-24(3,13-25)33-14-25)12-29(21)11-17(19)22(31)27-18-6-9-26-30(23(18)32)16-4-5-16/h6,9-12,15-16H,4-5,7-8,13-14H2,1-3H3,(H,27,31). The van der Waals surface area contributed by atoms with E-state index in [1.165, 1.54) is 10.7 Å². The Hall–Kier alpha value is -3.20. The van der Waals surface area contributed by atoms with E-state index >= 15 is 0 Å². The quantitative estimate of drug-likeness (QED) is 0.601. The minimum Gasteiger partial charge on any atom is -0.490 e. The second-order valence-electron chi connectivity index (χ2n) is 10.5. The number of carbonyl (C=O) groups is 1. The summed E-state index contributed by atoms with van der Waals surface area (Å²) in [6.45, 7) is 6.67. The summed E-state index contributed by atoms with van der Waals surface area (Å²) in [5.74, 6) is 0.0272. The molecule has 2 aliphatic carbocycles. The van der Waals surface area contributed by atoms with E-state index < -0.39 is 5.91 Å². The molecule has 3 aromatic heterocycles. The number of hydrogen-bond acceptors (Lipinski definition) is 6. The lowest BCUT2D eigenvalue weighted by molar-refractivity contribution is -0.00627.